The Labute approximate surface area is 134 Å². The molecule has 0 aliphatic carbocycles. The molecular formula is C19H15ClO2. The third-order valence-electron chi connectivity index (χ3n) is 3.34. The van der Waals surface area contributed by atoms with Crippen LogP contribution in [0, 0.1) is 0 Å². The maximum absolute atomic E-state index is 6.09. The number of ether oxygens (including phenoxy) is 2. The van der Waals surface area contributed by atoms with Crippen LogP contribution in [0.3, 0.4) is 0 Å². The molecule has 3 heteroatoms. The van der Waals surface area contributed by atoms with Gasteiger partial charge in [-0.25, -0.2) is 0 Å². The molecule has 0 saturated heterocycles. The molecule has 0 fully saturated rings. The van der Waals surface area contributed by atoms with E-state index in [0.717, 1.165) is 22.6 Å². The molecule has 0 aliphatic heterocycles. The second-order valence-corrected chi connectivity index (χ2v) is 5.19. The Kier molecular flexibility index (Phi) is 4.31. The number of methoxy groups -OCH3 is 1. The lowest BCUT2D eigenvalue weighted by molar-refractivity contribution is 0.415. The van der Waals surface area contributed by atoms with Crippen LogP contribution in [-0.2, 0) is 0 Å². The quantitative estimate of drug-likeness (QED) is 0.605. The minimum Gasteiger partial charge on any atom is -0.497 e. The highest BCUT2D eigenvalue weighted by Gasteiger charge is 2.03. The summed E-state index contributed by atoms with van der Waals surface area (Å²) in [5, 5.41) is 0.599. The number of halogens is 1. The van der Waals surface area contributed by atoms with Gasteiger partial charge in [-0.1, -0.05) is 48.0 Å². The van der Waals surface area contributed by atoms with Crippen LogP contribution in [0.5, 0.6) is 17.2 Å². The number of hydrogen-bond acceptors (Lipinski definition) is 2. The minimum atomic E-state index is 0.599. The van der Waals surface area contributed by atoms with Gasteiger partial charge in [0.2, 0.25) is 0 Å². The van der Waals surface area contributed by atoms with Crippen molar-refractivity contribution in [2.45, 2.75) is 0 Å². The summed E-state index contributed by atoms with van der Waals surface area (Å²) in [5.41, 5.74) is 2.25. The number of benzene rings is 3. The molecular weight excluding hydrogens is 296 g/mol. The first kappa shape index (κ1) is 14.5. The van der Waals surface area contributed by atoms with Crippen LogP contribution >= 0.6 is 11.6 Å². The highest BCUT2D eigenvalue weighted by molar-refractivity contribution is 6.32. The van der Waals surface area contributed by atoms with Gasteiger partial charge in [-0.15, -0.1) is 0 Å². The second-order valence-electron chi connectivity index (χ2n) is 4.79. The van der Waals surface area contributed by atoms with E-state index < -0.39 is 0 Å². The molecule has 0 spiro atoms. The van der Waals surface area contributed by atoms with Crippen molar-refractivity contribution in [1.82, 2.24) is 0 Å². The zero-order chi connectivity index (χ0) is 15.4. The van der Waals surface area contributed by atoms with Gasteiger partial charge in [-0.2, -0.15) is 0 Å². The molecule has 3 aromatic rings. The highest BCUT2D eigenvalue weighted by Crippen LogP contribution is 2.30. The van der Waals surface area contributed by atoms with Crippen molar-refractivity contribution >= 4 is 11.6 Å². The monoisotopic (exact) mass is 310 g/mol. The molecule has 0 N–H and O–H groups in total. The molecule has 22 heavy (non-hydrogen) atoms. The Hall–Kier alpha value is -2.45. The van der Waals surface area contributed by atoms with Gasteiger partial charge in [0, 0.05) is 0 Å². The third-order valence-corrected chi connectivity index (χ3v) is 3.65. The van der Waals surface area contributed by atoms with Crippen molar-refractivity contribution in [3.63, 3.8) is 0 Å². The fourth-order valence-electron chi connectivity index (χ4n) is 2.15. The van der Waals surface area contributed by atoms with Gasteiger partial charge in [0.15, 0.2) is 0 Å². The van der Waals surface area contributed by atoms with Crippen molar-refractivity contribution < 1.29 is 9.47 Å². The third kappa shape index (κ3) is 3.23. The lowest BCUT2D eigenvalue weighted by atomic mass is 10.1. The standard InChI is InChI=1S/C19H15ClO2/c1-21-16-10-6-14(7-11-16)15-8-12-17(13-9-15)22-19-5-3-2-4-18(19)20/h2-13H,1H3. The van der Waals surface area contributed by atoms with Gasteiger partial charge >= 0.3 is 0 Å². The SMILES string of the molecule is COc1ccc(-c2ccc(Oc3ccccc3Cl)cc2)cc1. The maximum Gasteiger partial charge on any atom is 0.146 e. The summed E-state index contributed by atoms with van der Waals surface area (Å²) in [6.45, 7) is 0. The zero-order valence-electron chi connectivity index (χ0n) is 12.1. The molecule has 0 atom stereocenters. The van der Waals surface area contributed by atoms with Gasteiger partial charge in [0.1, 0.15) is 17.2 Å². The summed E-state index contributed by atoms with van der Waals surface area (Å²) < 4.78 is 11.0. The molecule has 0 amide bonds. The smallest absolute Gasteiger partial charge is 0.146 e. The summed E-state index contributed by atoms with van der Waals surface area (Å²) >= 11 is 6.09. The van der Waals surface area contributed by atoms with E-state index in [2.05, 4.69) is 0 Å². The summed E-state index contributed by atoms with van der Waals surface area (Å²) in [6.07, 6.45) is 0. The van der Waals surface area contributed by atoms with E-state index in [9.17, 15) is 0 Å². The van der Waals surface area contributed by atoms with E-state index in [1.807, 2.05) is 72.8 Å². The topological polar surface area (TPSA) is 18.5 Å². The molecule has 0 radical (unpaired) electrons. The minimum absolute atomic E-state index is 0.599. The van der Waals surface area contributed by atoms with Crippen molar-refractivity contribution in [1.29, 1.82) is 0 Å². The van der Waals surface area contributed by atoms with Crippen LogP contribution in [0.15, 0.2) is 72.8 Å². The van der Waals surface area contributed by atoms with Crippen LogP contribution < -0.4 is 9.47 Å². The lowest BCUT2D eigenvalue weighted by Gasteiger charge is -2.08. The molecule has 0 saturated carbocycles. The van der Waals surface area contributed by atoms with E-state index in [-0.39, 0.29) is 0 Å². The van der Waals surface area contributed by atoms with Gasteiger partial charge in [0.05, 0.1) is 12.1 Å². The molecule has 0 heterocycles. The van der Waals surface area contributed by atoms with E-state index in [0.29, 0.717) is 10.8 Å². The molecule has 110 valence electrons. The average Bonchev–Trinajstić information content (AvgIpc) is 2.58. The van der Waals surface area contributed by atoms with Crippen LogP contribution in [0.2, 0.25) is 5.02 Å². The molecule has 0 aromatic heterocycles. The van der Waals surface area contributed by atoms with Crippen molar-refractivity contribution in [3.8, 4) is 28.4 Å². The second kappa shape index (κ2) is 6.54. The van der Waals surface area contributed by atoms with Gasteiger partial charge in [-0.3, -0.25) is 0 Å². The molecule has 0 bridgehead atoms. The highest BCUT2D eigenvalue weighted by atomic mass is 35.5. The fourth-order valence-corrected chi connectivity index (χ4v) is 2.33. The number of para-hydroxylation sites is 1. The first-order valence-corrected chi connectivity index (χ1v) is 7.31. The summed E-state index contributed by atoms with van der Waals surface area (Å²) in [7, 11) is 1.66. The van der Waals surface area contributed by atoms with Gasteiger partial charge in [-0.05, 0) is 47.5 Å². The van der Waals surface area contributed by atoms with Gasteiger partial charge < -0.3 is 9.47 Å². The van der Waals surface area contributed by atoms with Crippen LogP contribution in [0.25, 0.3) is 11.1 Å². The molecule has 0 unspecified atom stereocenters. The summed E-state index contributed by atoms with van der Waals surface area (Å²) in [5.74, 6) is 2.26. The lowest BCUT2D eigenvalue weighted by Crippen LogP contribution is -1.86. The van der Waals surface area contributed by atoms with E-state index in [4.69, 9.17) is 21.1 Å². The first-order valence-electron chi connectivity index (χ1n) is 6.93. The average molecular weight is 311 g/mol. The van der Waals surface area contributed by atoms with E-state index in [1.54, 1.807) is 7.11 Å². The van der Waals surface area contributed by atoms with Crippen LogP contribution in [0.4, 0.5) is 0 Å². The van der Waals surface area contributed by atoms with Crippen LogP contribution in [0.1, 0.15) is 0 Å². The number of hydrogen-bond donors (Lipinski definition) is 0. The maximum atomic E-state index is 6.09. The normalized spacial score (nSPS) is 10.3. The van der Waals surface area contributed by atoms with Gasteiger partial charge in [0.25, 0.3) is 0 Å². The molecule has 0 aliphatic rings. The van der Waals surface area contributed by atoms with Crippen molar-refractivity contribution in [2.75, 3.05) is 7.11 Å². The van der Waals surface area contributed by atoms with E-state index >= 15 is 0 Å². The Balaban J connectivity index is 1.79. The van der Waals surface area contributed by atoms with E-state index in [1.165, 1.54) is 0 Å². The zero-order valence-corrected chi connectivity index (χ0v) is 12.9. The van der Waals surface area contributed by atoms with Crippen molar-refractivity contribution in [2.24, 2.45) is 0 Å². The summed E-state index contributed by atoms with van der Waals surface area (Å²) in [6, 6.07) is 23.3. The Morgan fingerprint density at radius 3 is 1.77 bits per heavy atom. The summed E-state index contributed by atoms with van der Waals surface area (Å²) in [4.78, 5) is 0. The molecule has 3 rings (SSSR count). The van der Waals surface area contributed by atoms with Crippen molar-refractivity contribution in [3.05, 3.63) is 77.8 Å². The Bertz CT molecular complexity index is 749. The molecule has 2 nitrogen and oxygen atoms in total. The molecule has 3 aromatic carbocycles. The largest absolute Gasteiger partial charge is 0.497 e. The number of rotatable bonds is 4. The predicted octanol–water partition coefficient (Wildman–Crippen LogP) is 5.81. The first-order chi connectivity index (χ1) is 10.8. The fraction of sp³-hybridized carbons (Fsp3) is 0.0526. The predicted molar refractivity (Wildman–Crippen MR) is 90.0 cm³/mol. The Morgan fingerprint density at radius 2 is 1.23 bits per heavy atom. The Morgan fingerprint density at radius 1 is 0.682 bits per heavy atom. The van der Waals surface area contributed by atoms with Crippen LogP contribution in [-0.4, -0.2) is 7.11 Å².